The standard InChI is InChI=1S/C46H73NO9/c1-30-13-9-8-10-14-32(3)43(54-7)27-38-22-17-35(6)46(53,56-38)29-44(51)47-24-12-11-15-39(47)45(52)55-42(34(5)26-36-18-20-37(48)21-19-36)23-16-31(2)40(49)28-41(50)33(4)25-30/h8-10,13-14,16,30,33-40,42-43,48-49,53H,11-12,15,17-29H2,1-7H3/b10-8+,13-9+,31-16+,32-14+/t30-,33-,34-,35-,36?,37?,38+,39+,40+,42+,43+,46+/m1/s1. The highest BCUT2D eigenvalue weighted by atomic mass is 16.6. The maximum absolute atomic E-state index is 14.2. The summed E-state index contributed by atoms with van der Waals surface area (Å²) in [6, 6.07) is -0.776. The van der Waals surface area contributed by atoms with Crippen LogP contribution in [0, 0.1) is 29.6 Å². The van der Waals surface area contributed by atoms with Gasteiger partial charge in [-0.3, -0.25) is 9.59 Å². The quantitative estimate of drug-likeness (QED) is 0.195. The van der Waals surface area contributed by atoms with E-state index in [9.17, 15) is 29.7 Å². The lowest BCUT2D eigenvalue weighted by Gasteiger charge is -2.44. The molecular formula is C46H73NO9. The van der Waals surface area contributed by atoms with Crippen molar-refractivity contribution in [3.05, 3.63) is 47.6 Å². The number of rotatable bonds is 4. The minimum atomic E-state index is -1.68. The number of esters is 1. The molecule has 3 heterocycles. The molecule has 2 saturated heterocycles. The van der Waals surface area contributed by atoms with Crippen LogP contribution in [-0.2, 0) is 28.6 Å². The highest BCUT2D eigenvalue weighted by Crippen LogP contribution is 2.38. The van der Waals surface area contributed by atoms with Crippen molar-refractivity contribution in [3.8, 4) is 0 Å². The number of piperidine rings is 1. The van der Waals surface area contributed by atoms with E-state index in [4.69, 9.17) is 14.2 Å². The summed E-state index contributed by atoms with van der Waals surface area (Å²) in [6.45, 7) is 12.2. The van der Waals surface area contributed by atoms with Crippen molar-refractivity contribution >= 4 is 17.7 Å². The van der Waals surface area contributed by atoms with Crippen LogP contribution in [0.15, 0.2) is 47.6 Å². The first-order chi connectivity index (χ1) is 26.6. The van der Waals surface area contributed by atoms with Gasteiger partial charge in [-0.2, -0.15) is 0 Å². The first-order valence-corrected chi connectivity index (χ1v) is 21.6. The molecular weight excluding hydrogens is 711 g/mol. The maximum Gasteiger partial charge on any atom is 0.329 e. The van der Waals surface area contributed by atoms with Gasteiger partial charge in [-0.05, 0) is 113 Å². The van der Waals surface area contributed by atoms with Crippen molar-refractivity contribution in [1.29, 1.82) is 0 Å². The van der Waals surface area contributed by atoms with Crippen LogP contribution in [0.3, 0.4) is 0 Å². The van der Waals surface area contributed by atoms with Gasteiger partial charge in [0.1, 0.15) is 17.9 Å². The van der Waals surface area contributed by atoms with Crippen molar-refractivity contribution in [2.45, 2.75) is 180 Å². The van der Waals surface area contributed by atoms with E-state index in [0.29, 0.717) is 50.1 Å². The molecule has 0 radical (unpaired) electrons. The number of methoxy groups -OCH3 is 1. The number of ether oxygens (including phenoxy) is 3. The molecule has 3 aliphatic heterocycles. The summed E-state index contributed by atoms with van der Waals surface area (Å²) in [5.74, 6) is -2.40. The molecule has 10 heteroatoms. The molecule has 3 fully saturated rings. The smallest absolute Gasteiger partial charge is 0.329 e. The molecule has 1 saturated carbocycles. The molecule has 3 N–H and O–H groups in total. The van der Waals surface area contributed by atoms with Crippen LogP contribution in [0.1, 0.15) is 138 Å². The number of hydrogen-bond acceptors (Lipinski definition) is 9. The maximum atomic E-state index is 14.2. The summed E-state index contributed by atoms with van der Waals surface area (Å²) >= 11 is 0. The minimum absolute atomic E-state index is 0.00740. The lowest BCUT2D eigenvalue weighted by Crippen LogP contribution is -2.54. The molecule has 4 aliphatic rings. The molecule has 10 nitrogen and oxygen atoms in total. The van der Waals surface area contributed by atoms with Gasteiger partial charge in [0.2, 0.25) is 5.91 Å². The van der Waals surface area contributed by atoms with Crippen molar-refractivity contribution in [2.24, 2.45) is 29.6 Å². The number of carbonyl (C=O) groups is 3. The third kappa shape index (κ3) is 13.5. The highest BCUT2D eigenvalue weighted by Gasteiger charge is 2.46. The molecule has 0 aromatic rings. The van der Waals surface area contributed by atoms with E-state index in [1.165, 1.54) is 0 Å². The van der Waals surface area contributed by atoms with E-state index in [-0.39, 0.29) is 66.5 Å². The Labute approximate surface area is 336 Å². The summed E-state index contributed by atoms with van der Waals surface area (Å²) in [5, 5.41) is 33.1. The van der Waals surface area contributed by atoms with Crippen LogP contribution in [0.25, 0.3) is 0 Å². The largest absolute Gasteiger partial charge is 0.460 e. The Bertz CT molecular complexity index is 1410. The summed E-state index contributed by atoms with van der Waals surface area (Å²) in [6.07, 6.45) is 18.6. The third-order valence-electron chi connectivity index (χ3n) is 13.1. The Morgan fingerprint density at radius 2 is 1.66 bits per heavy atom. The van der Waals surface area contributed by atoms with Gasteiger partial charge in [-0.15, -0.1) is 0 Å². The zero-order valence-electron chi connectivity index (χ0n) is 35.4. The van der Waals surface area contributed by atoms with E-state index in [2.05, 4.69) is 19.9 Å². The minimum Gasteiger partial charge on any atom is -0.460 e. The van der Waals surface area contributed by atoms with Crippen molar-refractivity contribution < 1.29 is 43.9 Å². The monoisotopic (exact) mass is 784 g/mol. The summed E-state index contributed by atoms with van der Waals surface area (Å²) in [5.41, 5.74) is 1.67. The molecule has 0 aromatic heterocycles. The number of nitrogens with zero attached hydrogens (tertiary/aromatic N) is 1. The highest BCUT2D eigenvalue weighted by molar-refractivity contribution is 5.85. The van der Waals surface area contributed by atoms with Crippen LogP contribution >= 0.6 is 0 Å². The number of aliphatic hydroxyl groups is 3. The lowest BCUT2D eigenvalue weighted by molar-refractivity contribution is -0.284. The van der Waals surface area contributed by atoms with Gasteiger partial charge in [0.05, 0.1) is 30.8 Å². The van der Waals surface area contributed by atoms with E-state index < -0.39 is 30.0 Å². The van der Waals surface area contributed by atoms with Gasteiger partial charge < -0.3 is 34.4 Å². The first kappa shape index (κ1) is 46.1. The number of cyclic esters (lactones) is 1. The van der Waals surface area contributed by atoms with E-state index >= 15 is 0 Å². The number of ketones is 1. The predicted octanol–water partition coefficient (Wildman–Crippen LogP) is 7.55. The number of hydrogen-bond donors (Lipinski definition) is 3. The molecule has 0 unspecified atom stereocenters. The number of fused-ring (bicyclic) bond motifs is 3. The molecule has 56 heavy (non-hydrogen) atoms. The number of Topliss-reactive ketones (excluding diaryl/α,β-unsaturated/α-hetero) is 1. The van der Waals surface area contributed by atoms with Crippen LogP contribution in [0.4, 0.5) is 0 Å². The summed E-state index contributed by atoms with van der Waals surface area (Å²) in [7, 11) is 1.66. The van der Waals surface area contributed by atoms with Gasteiger partial charge >= 0.3 is 5.97 Å². The van der Waals surface area contributed by atoms with E-state index in [1.54, 1.807) is 12.0 Å². The summed E-state index contributed by atoms with van der Waals surface area (Å²) < 4.78 is 18.6. The van der Waals surface area contributed by atoms with Crippen LogP contribution in [0.2, 0.25) is 0 Å². The van der Waals surface area contributed by atoms with Crippen molar-refractivity contribution in [3.63, 3.8) is 0 Å². The van der Waals surface area contributed by atoms with Gasteiger partial charge in [0.15, 0.2) is 5.79 Å². The van der Waals surface area contributed by atoms with Gasteiger partial charge in [-0.1, -0.05) is 64.2 Å². The predicted molar refractivity (Wildman–Crippen MR) is 218 cm³/mol. The number of carbonyl (C=O) groups excluding carboxylic acids is 3. The van der Waals surface area contributed by atoms with E-state index in [0.717, 1.165) is 56.9 Å². The van der Waals surface area contributed by atoms with Crippen molar-refractivity contribution in [1.82, 2.24) is 4.90 Å². The molecule has 2 bridgehead atoms. The zero-order chi connectivity index (χ0) is 41.0. The number of amides is 1. The average Bonchev–Trinajstić information content (AvgIpc) is 3.16. The molecule has 1 amide bonds. The average molecular weight is 784 g/mol. The summed E-state index contributed by atoms with van der Waals surface area (Å²) in [4.78, 5) is 43.1. The van der Waals surface area contributed by atoms with Gasteiger partial charge in [-0.25, -0.2) is 4.79 Å². The second kappa shape index (κ2) is 21.9. The van der Waals surface area contributed by atoms with Crippen LogP contribution < -0.4 is 0 Å². The molecule has 0 aromatic carbocycles. The van der Waals surface area contributed by atoms with Crippen LogP contribution in [-0.4, -0.2) is 93.9 Å². The Balaban J connectivity index is 1.61. The second-order valence-corrected chi connectivity index (χ2v) is 17.8. The molecule has 1 aliphatic carbocycles. The molecule has 10 atom stereocenters. The Morgan fingerprint density at radius 1 is 0.929 bits per heavy atom. The normalized spacial score (nSPS) is 40.5. The van der Waals surface area contributed by atoms with Crippen LogP contribution in [0.5, 0.6) is 0 Å². The SMILES string of the molecule is CO[C@H]1C[C@@H]2CC[C@@H](C)[C@](O)(CC(=O)N3CCCC[C@H]3C(=O)O[C@H]([C@H](C)CC3CCC(O)CC3)C/C=C(\C)[C@@H](O)CC(=O)[C@H](C)C[C@H](C)/C=C/C=C/C=C/1C)O2. The Hall–Kier alpha value is -2.63. The lowest BCUT2D eigenvalue weighted by atomic mass is 9.80. The van der Waals surface area contributed by atoms with E-state index in [1.807, 2.05) is 58.1 Å². The molecule has 316 valence electrons. The molecule has 4 rings (SSSR count). The van der Waals surface area contributed by atoms with Gasteiger partial charge in [0.25, 0.3) is 0 Å². The number of allylic oxidation sites excluding steroid dienone is 5. The van der Waals surface area contributed by atoms with Gasteiger partial charge in [0, 0.05) is 44.8 Å². The Kier molecular flexibility index (Phi) is 18.0. The Morgan fingerprint density at radius 3 is 2.38 bits per heavy atom. The molecule has 0 spiro atoms. The fraction of sp³-hybridized carbons (Fsp3) is 0.761. The number of aliphatic hydroxyl groups excluding tert-OH is 2. The fourth-order valence-corrected chi connectivity index (χ4v) is 9.08. The topological polar surface area (TPSA) is 143 Å². The fourth-order valence-electron chi connectivity index (χ4n) is 9.08. The first-order valence-electron chi connectivity index (χ1n) is 21.6. The zero-order valence-corrected chi connectivity index (χ0v) is 35.4. The van der Waals surface area contributed by atoms with Crippen molar-refractivity contribution in [2.75, 3.05) is 13.7 Å². The second-order valence-electron chi connectivity index (χ2n) is 17.8. The third-order valence-corrected chi connectivity index (χ3v) is 13.1.